The molecule has 33 heavy (non-hydrogen) atoms. The van der Waals surface area contributed by atoms with Gasteiger partial charge in [0, 0.05) is 11.4 Å². The minimum Gasteiger partial charge on any atom is -0.387 e. The number of aliphatic hydroxyl groups excluding tert-OH is 2. The van der Waals surface area contributed by atoms with Crippen LogP contribution >= 0.6 is 18.3 Å². The van der Waals surface area contributed by atoms with Gasteiger partial charge in [-0.2, -0.15) is 0 Å². The predicted octanol–water partition coefficient (Wildman–Crippen LogP) is 2.10. The van der Waals surface area contributed by atoms with E-state index in [1.54, 1.807) is 6.07 Å². The third-order valence-corrected chi connectivity index (χ3v) is 8.10. The van der Waals surface area contributed by atoms with Gasteiger partial charge in [-0.3, -0.25) is 4.57 Å². The Morgan fingerprint density at radius 2 is 2.12 bits per heavy atom. The van der Waals surface area contributed by atoms with Crippen LogP contribution in [0.25, 0.3) is 11.2 Å². The van der Waals surface area contributed by atoms with Crippen LogP contribution < -0.4 is 5.73 Å². The van der Waals surface area contributed by atoms with Gasteiger partial charge in [0.1, 0.15) is 30.2 Å². The highest BCUT2D eigenvalue weighted by Gasteiger charge is 2.45. The molecule has 1 aromatic carbocycles. The summed E-state index contributed by atoms with van der Waals surface area (Å²) in [6, 6.07) is 7.33. The number of ether oxygens (including phenoxy) is 1. The van der Waals surface area contributed by atoms with Gasteiger partial charge in [-0.1, -0.05) is 23.7 Å². The second-order valence-electron chi connectivity index (χ2n) is 7.64. The molecule has 11 nitrogen and oxygen atoms in total. The van der Waals surface area contributed by atoms with Crippen molar-refractivity contribution in [2.24, 2.45) is 0 Å². The number of hydrogen-bond acceptors (Lipinski definition) is 11. The standard InChI is InChI=1S/C19H21ClN5O6PS/c20-11-3-1-2-10(6-11)12-4-5-28-32(33,31-12)29-7-13-15(26)16(27)19(30-13)25-9-24-14-17(21)22-8-23-18(14)25/h1-3,6,8-9,12-13,15-16,19,26-27H,4-5,7H2,(H2,21,22,23)/t12-,13+,15-,16-,19+,32?/m0/s1. The fourth-order valence-corrected chi connectivity index (χ4v) is 6.14. The molecule has 0 spiro atoms. The van der Waals surface area contributed by atoms with Crippen molar-refractivity contribution in [3.05, 3.63) is 47.5 Å². The molecule has 6 atom stereocenters. The molecule has 0 bridgehead atoms. The summed E-state index contributed by atoms with van der Waals surface area (Å²) in [5.74, 6) is 0.199. The number of nitrogens with zero attached hydrogens (tertiary/aromatic N) is 4. The Morgan fingerprint density at radius 1 is 1.27 bits per heavy atom. The number of aliphatic hydroxyl groups is 2. The minimum absolute atomic E-state index is 0.141. The number of nitrogens with two attached hydrogens (primary N) is 1. The van der Waals surface area contributed by atoms with Crippen LogP contribution in [0.2, 0.25) is 5.02 Å². The Hall–Kier alpha value is -1.73. The lowest BCUT2D eigenvalue weighted by molar-refractivity contribution is -0.0533. The van der Waals surface area contributed by atoms with Crippen LogP contribution in [-0.4, -0.2) is 61.3 Å². The summed E-state index contributed by atoms with van der Waals surface area (Å²) in [4.78, 5) is 12.2. The van der Waals surface area contributed by atoms with Gasteiger partial charge in [0.05, 0.1) is 25.6 Å². The van der Waals surface area contributed by atoms with E-state index in [1.807, 2.05) is 18.2 Å². The number of halogens is 1. The first kappa shape index (κ1) is 23.0. The number of rotatable bonds is 5. The van der Waals surface area contributed by atoms with Crippen molar-refractivity contribution in [1.29, 1.82) is 0 Å². The number of hydrogen-bond donors (Lipinski definition) is 3. The van der Waals surface area contributed by atoms with E-state index >= 15 is 0 Å². The van der Waals surface area contributed by atoms with Crippen LogP contribution in [0.15, 0.2) is 36.9 Å². The van der Waals surface area contributed by atoms with Crippen LogP contribution in [0.1, 0.15) is 24.3 Å². The summed E-state index contributed by atoms with van der Waals surface area (Å²) in [6.45, 7) is -2.90. The van der Waals surface area contributed by atoms with Crippen molar-refractivity contribution in [1.82, 2.24) is 19.5 Å². The zero-order valence-electron chi connectivity index (χ0n) is 17.1. The van der Waals surface area contributed by atoms with Gasteiger partial charge in [0.15, 0.2) is 17.7 Å². The highest BCUT2D eigenvalue weighted by molar-refractivity contribution is 8.07. The Morgan fingerprint density at radius 3 is 2.94 bits per heavy atom. The van der Waals surface area contributed by atoms with E-state index in [4.69, 9.17) is 47.4 Å². The van der Waals surface area contributed by atoms with Gasteiger partial charge in [0.2, 0.25) is 0 Å². The lowest BCUT2D eigenvalue weighted by atomic mass is 10.1. The van der Waals surface area contributed by atoms with Gasteiger partial charge in [-0.25, -0.2) is 15.0 Å². The number of fused-ring (bicyclic) bond motifs is 1. The van der Waals surface area contributed by atoms with Crippen molar-refractivity contribution < 1.29 is 28.5 Å². The molecule has 2 fully saturated rings. The van der Waals surface area contributed by atoms with E-state index in [-0.39, 0.29) is 18.5 Å². The van der Waals surface area contributed by atoms with Gasteiger partial charge in [-0.15, -0.1) is 0 Å². The number of aromatic nitrogens is 4. The first-order valence-electron chi connectivity index (χ1n) is 10.1. The van der Waals surface area contributed by atoms with E-state index in [1.165, 1.54) is 17.2 Å². The molecule has 2 aromatic heterocycles. The lowest BCUT2D eigenvalue weighted by Crippen LogP contribution is -2.34. The van der Waals surface area contributed by atoms with Crippen molar-refractivity contribution in [2.45, 2.75) is 37.1 Å². The highest BCUT2D eigenvalue weighted by atomic mass is 35.5. The Kier molecular flexibility index (Phi) is 6.38. The number of nitrogen functional groups attached to an aromatic ring is 1. The van der Waals surface area contributed by atoms with Gasteiger partial charge >= 0.3 is 6.72 Å². The van der Waals surface area contributed by atoms with Crippen molar-refractivity contribution in [3.8, 4) is 0 Å². The monoisotopic (exact) mass is 513 g/mol. The molecule has 5 rings (SSSR count). The molecule has 2 saturated heterocycles. The van der Waals surface area contributed by atoms with Crippen molar-refractivity contribution in [2.75, 3.05) is 18.9 Å². The summed E-state index contributed by atoms with van der Waals surface area (Å²) in [5.41, 5.74) is 7.44. The summed E-state index contributed by atoms with van der Waals surface area (Å²) < 4.78 is 24.8. The molecule has 4 N–H and O–H groups in total. The quantitative estimate of drug-likeness (QED) is 0.431. The zero-order chi connectivity index (χ0) is 23.2. The number of anilines is 1. The molecule has 2 aliphatic rings. The molecular formula is C19H21ClN5O6PS. The third-order valence-electron chi connectivity index (χ3n) is 5.50. The highest BCUT2D eigenvalue weighted by Crippen LogP contribution is 2.57. The summed E-state index contributed by atoms with van der Waals surface area (Å²) in [6.07, 6.45) is -1.37. The lowest BCUT2D eigenvalue weighted by Gasteiger charge is -2.32. The minimum atomic E-state index is -3.11. The summed E-state index contributed by atoms with van der Waals surface area (Å²) >= 11 is 11.6. The molecule has 2 aliphatic heterocycles. The van der Waals surface area contributed by atoms with E-state index in [2.05, 4.69) is 15.0 Å². The van der Waals surface area contributed by atoms with Crippen LogP contribution in [-0.2, 0) is 30.1 Å². The fraction of sp³-hybridized carbons (Fsp3) is 0.421. The summed E-state index contributed by atoms with van der Waals surface area (Å²) in [7, 11) is 0. The maximum absolute atomic E-state index is 10.6. The van der Waals surface area contributed by atoms with Crippen molar-refractivity contribution >= 4 is 47.1 Å². The first-order valence-corrected chi connectivity index (χ1v) is 13.1. The van der Waals surface area contributed by atoms with Crippen LogP contribution in [0.4, 0.5) is 5.82 Å². The number of benzene rings is 1. The molecule has 0 saturated carbocycles. The van der Waals surface area contributed by atoms with Crippen LogP contribution in [0, 0.1) is 0 Å². The largest absolute Gasteiger partial charge is 0.387 e. The van der Waals surface area contributed by atoms with E-state index in [0.717, 1.165) is 5.56 Å². The smallest absolute Gasteiger partial charge is 0.327 e. The van der Waals surface area contributed by atoms with Gasteiger partial charge < -0.3 is 34.3 Å². The topological polar surface area (TPSA) is 147 Å². The normalized spacial score (nSPS) is 32.4. The SMILES string of the molecule is Nc1ncnc2c1ncn2[C@@H]1O[C@H](COP2(=S)OCC[C@@H](c3cccc(Cl)c3)O2)[C@H](O)[C@@H]1O. The predicted molar refractivity (Wildman–Crippen MR) is 122 cm³/mol. The molecule has 4 heterocycles. The molecule has 3 aromatic rings. The average Bonchev–Trinajstić information content (AvgIpc) is 3.35. The molecule has 0 aliphatic carbocycles. The molecule has 1 unspecified atom stereocenters. The molecule has 0 radical (unpaired) electrons. The fourth-order valence-electron chi connectivity index (χ4n) is 3.83. The molecule has 14 heteroatoms. The Labute approximate surface area is 198 Å². The van der Waals surface area contributed by atoms with Gasteiger partial charge in [-0.05, 0) is 29.5 Å². The Bertz CT molecular complexity index is 1220. The molecule has 0 amide bonds. The van der Waals surface area contributed by atoms with Crippen LogP contribution in [0.3, 0.4) is 0 Å². The van der Waals surface area contributed by atoms with E-state index in [9.17, 15) is 10.2 Å². The first-order chi connectivity index (χ1) is 15.8. The second kappa shape index (κ2) is 9.14. The molecular weight excluding hydrogens is 493 g/mol. The number of imidazole rings is 1. The Balaban J connectivity index is 1.27. The maximum atomic E-state index is 10.6. The molecule has 176 valence electrons. The third kappa shape index (κ3) is 4.51. The van der Waals surface area contributed by atoms with E-state index in [0.29, 0.717) is 29.2 Å². The van der Waals surface area contributed by atoms with Gasteiger partial charge in [0.25, 0.3) is 0 Å². The van der Waals surface area contributed by atoms with E-state index < -0.39 is 31.3 Å². The maximum Gasteiger partial charge on any atom is 0.327 e. The zero-order valence-corrected chi connectivity index (χ0v) is 19.6. The average molecular weight is 514 g/mol. The van der Waals surface area contributed by atoms with Crippen LogP contribution in [0.5, 0.6) is 0 Å². The summed E-state index contributed by atoms with van der Waals surface area (Å²) in [5, 5.41) is 21.8. The second-order valence-corrected chi connectivity index (χ2v) is 11.0. The van der Waals surface area contributed by atoms with Crippen molar-refractivity contribution in [3.63, 3.8) is 0 Å².